The fraction of sp³-hybridized carbons (Fsp3) is 0. The summed E-state index contributed by atoms with van der Waals surface area (Å²) < 4.78 is 5.66. The minimum Gasteiger partial charge on any atom is -0.437 e. The summed E-state index contributed by atoms with van der Waals surface area (Å²) in [4.78, 5) is 15.6. The fourth-order valence-corrected chi connectivity index (χ4v) is 2.09. The van der Waals surface area contributed by atoms with Gasteiger partial charge in [-0.25, -0.2) is 4.98 Å². The van der Waals surface area contributed by atoms with Crippen molar-refractivity contribution >= 4 is 28.8 Å². The third-order valence-corrected chi connectivity index (χ3v) is 3.20. The highest BCUT2D eigenvalue weighted by molar-refractivity contribution is 6.32. The lowest BCUT2D eigenvalue weighted by Gasteiger charge is -2.09. The number of nitrogens with zero attached hydrogens (tertiary/aromatic N) is 1. The van der Waals surface area contributed by atoms with Gasteiger partial charge in [0.2, 0.25) is 5.88 Å². The second-order valence-corrected chi connectivity index (χ2v) is 4.63. The van der Waals surface area contributed by atoms with E-state index in [0.717, 1.165) is 17.2 Å². The minimum atomic E-state index is 0.256. The standard InChI is InChI=1S/C16H10ClNO2/c17-13-6-2-4-8-15(13)20-16-12(10-19)9-11-5-1-3-7-14(11)18-16/h1-10H. The Morgan fingerprint density at radius 1 is 1.05 bits per heavy atom. The molecule has 3 rings (SSSR count). The summed E-state index contributed by atoms with van der Waals surface area (Å²) in [7, 11) is 0. The summed E-state index contributed by atoms with van der Waals surface area (Å²) in [6, 6.07) is 16.4. The van der Waals surface area contributed by atoms with Gasteiger partial charge in [0, 0.05) is 5.39 Å². The number of ether oxygens (including phenoxy) is 1. The number of carbonyl (C=O) groups excluding carboxylic acids is 1. The van der Waals surface area contributed by atoms with E-state index >= 15 is 0 Å². The van der Waals surface area contributed by atoms with E-state index in [0.29, 0.717) is 16.3 Å². The first kappa shape index (κ1) is 12.6. The molecule has 2 aromatic carbocycles. The summed E-state index contributed by atoms with van der Waals surface area (Å²) >= 11 is 6.05. The summed E-state index contributed by atoms with van der Waals surface area (Å²) in [5.74, 6) is 0.729. The molecule has 98 valence electrons. The zero-order chi connectivity index (χ0) is 13.9. The predicted molar refractivity (Wildman–Crippen MR) is 78.7 cm³/mol. The van der Waals surface area contributed by atoms with Gasteiger partial charge in [0.05, 0.1) is 16.1 Å². The second kappa shape index (κ2) is 5.31. The number of carbonyl (C=O) groups is 1. The van der Waals surface area contributed by atoms with Crippen molar-refractivity contribution in [3.05, 3.63) is 65.2 Å². The first-order chi connectivity index (χ1) is 9.78. The lowest BCUT2D eigenvalue weighted by molar-refractivity contribution is 0.112. The molecule has 0 radical (unpaired) electrons. The minimum absolute atomic E-state index is 0.256. The SMILES string of the molecule is O=Cc1cc2ccccc2nc1Oc1ccccc1Cl. The quantitative estimate of drug-likeness (QED) is 0.665. The molecule has 0 spiro atoms. The third-order valence-electron chi connectivity index (χ3n) is 2.89. The molecule has 1 aromatic heterocycles. The average molecular weight is 284 g/mol. The van der Waals surface area contributed by atoms with E-state index in [1.54, 1.807) is 18.2 Å². The van der Waals surface area contributed by atoms with Crippen LogP contribution in [-0.2, 0) is 0 Å². The van der Waals surface area contributed by atoms with Gasteiger partial charge in [-0.05, 0) is 24.3 Å². The zero-order valence-electron chi connectivity index (χ0n) is 10.4. The van der Waals surface area contributed by atoms with Crippen LogP contribution in [0.1, 0.15) is 10.4 Å². The van der Waals surface area contributed by atoms with Gasteiger partial charge in [-0.1, -0.05) is 41.9 Å². The van der Waals surface area contributed by atoms with Gasteiger partial charge in [0.15, 0.2) is 6.29 Å². The Morgan fingerprint density at radius 2 is 1.80 bits per heavy atom. The van der Waals surface area contributed by atoms with Crippen molar-refractivity contribution in [2.45, 2.75) is 0 Å². The number of rotatable bonds is 3. The molecule has 0 unspecified atom stereocenters. The van der Waals surface area contributed by atoms with E-state index in [4.69, 9.17) is 16.3 Å². The lowest BCUT2D eigenvalue weighted by Crippen LogP contribution is -1.95. The number of para-hydroxylation sites is 2. The average Bonchev–Trinajstić information content (AvgIpc) is 2.49. The fourth-order valence-electron chi connectivity index (χ4n) is 1.91. The molecule has 0 amide bonds. The van der Waals surface area contributed by atoms with Gasteiger partial charge in [-0.2, -0.15) is 0 Å². The topological polar surface area (TPSA) is 39.2 Å². The Labute approximate surface area is 120 Å². The van der Waals surface area contributed by atoms with Crippen molar-refractivity contribution in [1.82, 2.24) is 4.98 Å². The maximum absolute atomic E-state index is 11.2. The van der Waals surface area contributed by atoms with Crippen molar-refractivity contribution in [2.75, 3.05) is 0 Å². The summed E-state index contributed by atoms with van der Waals surface area (Å²) in [6.07, 6.45) is 0.728. The van der Waals surface area contributed by atoms with E-state index in [1.807, 2.05) is 36.4 Å². The van der Waals surface area contributed by atoms with Gasteiger partial charge in [-0.15, -0.1) is 0 Å². The van der Waals surface area contributed by atoms with Crippen molar-refractivity contribution in [3.8, 4) is 11.6 Å². The van der Waals surface area contributed by atoms with Crippen LogP contribution in [0.4, 0.5) is 0 Å². The van der Waals surface area contributed by atoms with Crippen molar-refractivity contribution in [3.63, 3.8) is 0 Å². The molecule has 4 heteroatoms. The summed E-state index contributed by atoms with van der Waals surface area (Å²) in [5.41, 5.74) is 1.16. The third kappa shape index (κ3) is 2.36. The Morgan fingerprint density at radius 3 is 2.60 bits per heavy atom. The molecular weight excluding hydrogens is 274 g/mol. The molecule has 3 aromatic rings. The normalized spacial score (nSPS) is 10.4. The van der Waals surface area contributed by atoms with Crippen molar-refractivity contribution < 1.29 is 9.53 Å². The van der Waals surface area contributed by atoms with E-state index in [9.17, 15) is 4.79 Å². The Hall–Kier alpha value is -2.39. The Kier molecular flexibility index (Phi) is 3.35. The predicted octanol–water partition coefficient (Wildman–Crippen LogP) is 4.49. The molecule has 0 atom stereocenters. The van der Waals surface area contributed by atoms with Crippen molar-refractivity contribution in [2.24, 2.45) is 0 Å². The second-order valence-electron chi connectivity index (χ2n) is 4.23. The first-order valence-electron chi connectivity index (χ1n) is 6.05. The number of hydrogen-bond donors (Lipinski definition) is 0. The molecule has 0 bridgehead atoms. The molecule has 0 aliphatic carbocycles. The number of aromatic nitrogens is 1. The van der Waals surface area contributed by atoms with E-state index < -0.39 is 0 Å². The molecular formula is C16H10ClNO2. The van der Waals surface area contributed by atoms with Crippen LogP contribution in [-0.4, -0.2) is 11.3 Å². The largest absolute Gasteiger partial charge is 0.437 e. The molecule has 20 heavy (non-hydrogen) atoms. The molecule has 3 nitrogen and oxygen atoms in total. The zero-order valence-corrected chi connectivity index (χ0v) is 11.2. The van der Waals surface area contributed by atoms with E-state index in [-0.39, 0.29) is 5.88 Å². The number of hydrogen-bond acceptors (Lipinski definition) is 3. The number of benzene rings is 2. The lowest BCUT2D eigenvalue weighted by atomic mass is 10.1. The van der Waals surface area contributed by atoms with Gasteiger partial charge in [0.1, 0.15) is 5.75 Å². The maximum Gasteiger partial charge on any atom is 0.230 e. The number of aldehydes is 1. The van der Waals surface area contributed by atoms with Crippen molar-refractivity contribution in [1.29, 1.82) is 0 Å². The van der Waals surface area contributed by atoms with Crippen LogP contribution in [0.5, 0.6) is 11.6 Å². The smallest absolute Gasteiger partial charge is 0.230 e. The van der Waals surface area contributed by atoms with Crippen LogP contribution in [0, 0.1) is 0 Å². The summed E-state index contributed by atoms with van der Waals surface area (Å²) in [6.45, 7) is 0. The molecule has 0 aliphatic rings. The van der Waals surface area contributed by atoms with Crippen LogP contribution >= 0.6 is 11.6 Å². The van der Waals surface area contributed by atoms with Crippen LogP contribution in [0.25, 0.3) is 10.9 Å². The highest BCUT2D eigenvalue weighted by Gasteiger charge is 2.10. The summed E-state index contributed by atoms with van der Waals surface area (Å²) in [5, 5.41) is 1.36. The number of halogens is 1. The van der Waals surface area contributed by atoms with Gasteiger partial charge in [0.25, 0.3) is 0 Å². The van der Waals surface area contributed by atoms with E-state index in [2.05, 4.69) is 4.98 Å². The molecule has 0 fully saturated rings. The van der Waals surface area contributed by atoms with Gasteiger partial charge < -0.3 is 4.74 Å². The first-order valence-corrected chi connectivity index (χ1v) is 6.43. The molecule has 0 N–H and O–H groups in total. The maximum atomic E-state index is 11.2. The van der Waals surface area contributed by atoms with E-state index in [1.165, 1.54) is 0 Å². The van der Waals surface area contributed by atoms with Crippen LogP contribution in [0.3, 0.4) is 0 Å². The number of fused-ring (bicyclic) bond motifs is 1. The molecule has 0 aliphatic heterocycles. The highest BCUT2D eigenvalue weighted by atomic mass is 35.5. The molecule has 1 heterocycles. The van der Waals surface area contributed by atoms with Gasteiger partial charge in [-0.3, -0.25) is 4.79 Å². The molecule has 0 saturated carbocycles. The Bertz CT molecular complexity index is 786. The van der Waals surface area contributed by atoms with Crippen LogP contribution in [0.15, 0.2) is 54.6 Å². The van der Waals surface area contributed by atoms with Crippen LogP contribution < -0.4 is 4.74 Å². The van der Waals surface area contributed by atoms with Gasteiger partial charge >= 0.3 is 0 Å². The highest BCUT2D eigenvalue weighted by Crippen LogP contribution is 2.30. The van der Waals surface area contributed by atoms with Crippen LogP contribution in [0.2, 0.25) is 5.02 Å². The Balaban J connectivity index is 2.10. The monoisotopic (exact) mass is 283 g/mol. The molecule has 0 saturated heterocycles. The number of pyridine rings is 1.